The van der Waals surface area contributed by atoms with Crippen molar-refractivity contribution in [1.29, 1.82) is 0 Å². The minimum Gasteiger partial charge on any atom is -0.414 e. The van der Waals surface area contributed by atoms with E-state index in [0.717, 1.165) is 0 Å². The maximum absolute atomic E-state index is 17.3. The number of aryl methyl sites for hydroxylation is 1. The molecule has 5 aromatic rings. The second-order valence-electron chi connectivity index (χ2n) is 20.0. The first-order chi connectivity index (χ1) is 31.5. The Morgan fingerprint density at radius 2 is 1.49 bits per heavy atom. The predicted octanol–water partition coefficient (Wildman–Crippen LogP) is 7.76. The highest BCUT2D eigenvalue weighted by atomic mass is 32.5. The number of hydrogen-bond donors (Lipinski definition) is 1. The fraction of sp³-hybridized carbons (Fsp3) is 0.568. The average Bonchev–Trinajstić information content (AvgIpc) is 4.04. The number of benzene rings is 1. The zero-order valence-corrected chi connectivity index (χ0v) is 43.0. The summed E-state index contributed by atoms with van der Waals surface area (Å²) in [4.78, 5) is 54.5. The van der Waals surface area contributed by atoms with Gasteiger partial charge in [-0.25, -0.2) is 38.7 Å². The number of anilines is 1. The molecule has 2 fully saturated rings. The van der Waals surface area contributed by atoms with Gasteiger partial charge in [0.1, 0.15) is 42.6 Å². The van der Waals surface area contributed by atoms with Gasteiger partial charge in [0.05, 0.1) is 38.1 Å². The molecule has 3 unspecified atom stereocenters. The summed E-state index contributed by atoms with van der Waals surface area (Å²) in [5, 5.41) is -0.522. The van der Waals surface area contributed by atoms with E-state index < -0.39 is 85.1 Å². The maximum atomic E-state index is 17.3. The van der Waals surface area contributed by atoms with Crippen molar-refractivity contribution < 1.29 is 45.8 Å². The SMILES string of the molecule is CC(C)(C)[Si](C)(C)OC[C@H]1OC2[C@H](F)[C@@H]1OP(O)(=S)OC[C@H]1OC([C@H](F)[C@@H]1O[Si](C)(C)C(C)(C)C)n1cnc3c(ncnc31)N(C(=O)c1ccccc1)CC#CCCc1ncnc3c1ncn32. The van der Waals surface area contributed by atoms with Crippen molar-refractivity contribution in [2.75, 3.05) is 24.7 Å². The maximum Gasteiger partial charge on any atom is 0.325 e. The number of ether oxygens (including phenoxy) is 2. The number of imidazole rings is 2. The summed E-state index contributed by atoms with van der Waals surface area (Å²) in [5.41, 5.74) is 2.04. The molecule has 67 heavy (non-hydrogen) atoms. The monoisotopic (exact) mass is 997 g/mol. The van der Waals surface area contributed by atoms with Crippen LogP contribution in [0, 0.1) is 11.8 Å². The molecule has 4 aromatic heterocycles. The van der Waals surface area contributed by atoms with E-state index in [2.05, 4.69) is 75.6 Å². The molecule has 1 amide bonds. The largest absolute Gasteiger partial charge is 0.414 e. The number of alkyl halides is 2. The fourth-order valence-electron chi connectivity index (χ4n) is 7.62. The topological polar surface area (TPSA) is 183 Å². The molecule has 1 N–H and O–H groups in total. The minimum atomic E-state index is -4.35. The average molecular weight is 998 g/mol. The van der Waals surface area contributed by atoms with Gasteiger partial charge in [-0.1, -0.05) is 65.7 Å². The third kappa shape index (κ3) is 9.92. The van der Waals surface area contributed by atoms with Gasteiger partial charge in [0, 0.05) is 18.4 Å². The summed E-state index contributed by atoms with van der Waals surface area (Å²) in [5.74, 6) is 6.03. The van der Waals surface area contributed by atoms with Crippen molar-refractivity contribution >= 4 is 69.2 Å². The standard InChI is InChI=1S/C44H58F2N9O8PSSi2/c1-43(2,3)66(7,8)59-22-30-35-31(45)41(61-30)54-25-51-33-28(47-23-48-37(33)54)19-15-12-16-20-53(40(56)27-17-13-11-14-18-27)38-34-39(50-24-49-38)55(26-52-34)42-32(46)36(63-67(9,10)44(4,5)6)29(60-42)21-58-64(57,65)62-35/h11,13-14,17-18,23-26,29-32,35-36,41-42H,15,19-22H2,1-10H3,(H,57,65)/t29-,30-,31-,32-,35-,36-,41?,42?,64?/m1/s1. The van der Waals surface area contributed by atoms with Gasteiger partial charge in [0.2, 0.25) is 0 Å². The normalized spacial score (nSPS) is 27.9. The molecule has 7 heterocycles. The van der Waals surface area contributed by atoms with Crippen LogP contribution < -0.4 is 4.90 Å². The Labute approximate surface area is 395 Å². The number of amides is 1. The van der Waals surface area contributed by atoms with Crippen LogP contribution in [-0.4, -0.2) is 123 Å². The van der Waals surface area contributed by atoms with Gasteiger partial charge in [-0.15, -0.1) is 5.92 Å². The van der Waals surface area contributed by atoms with Crippen molar-refractivity contribution in [2.45, 2.75) is 140 Å². The Balaban J connectivity index is 1.21. The summed E-state index contributed by atoms with van der Waals surface area (Å²) < 4.78 is 75.4. The lowest BCUT2D eigenvalue weighted by Crippen LogP contribution is -2.49. The minimum absolute atomic E-state index is 0.0726. The second kappa shape index (κ2) is 18.7. The van der Waals surface area contributed by atoms with E-state index in [-0.39, 0.29) is 40.2 Å². The molecule has 0 saturated carbocycles. The Morgan fingerprint density at radius 3 is 2.16 bits per heavy atom. The smallest absolute Gasteiger partial charge is 0.325 e. The van der Waals surface area contributed by atoms with Crippen molar-refractivity contribution in [1.82, 2.24) is 39.0 Å². The summed E-state index contributed by atoms with van der Waals surface area (Å²) in [6.45, 7) is 15.4. The van der Waals surface area contributed by atoms with Gasteiger partial charge < -0.3 is 27.7 Å². The van der Waals surface area contributed by atoms with E-state index in [9.17, 15) is 9.69 Å². The third-order valence-corrected chi connectivity index (χ3v) is 24.1. The Morgan fingerprint density at radius 1 is 0.866 bits per heavy atom. The van der Waals surface area contributed by atoms with Crippen LogP contribution in [0.1, 0.15) is 76.5 Å². The molecule has 1 aromatic carbocycles. The van der Waals surface area contributed by atoms with Gasteiger partial charge in [-0.05, 0) is 60.2 Å². The van der Waals surface area contributed by atoms with Crippen LogP contribution in [0.5, 0.6) is 0 Å². The van der Waals surface area contributed by atoms with E-state index in [1.807, 2.05) is 33.9 Å². The number of fused-ring (bicyclic) bond motifs is 6. The molecule has 360 valence electrons. The Hall–Kier alpha value is -3.99. The highest BCUT2D eigenvalue weighted by molar-refractivity contribution is 8.07. The molecule has 0 aliphatic carbocycles. The first kappa shape index (κ1) is 49.4. The van der Waals surface area contributed by atoms with Crippen molar-refractivity contribution in [3.8, 4) is 11.8 Å². The van der Waals surface area contributed by atoms with Crippen LogP contribution >= 0.6 is 6.72 Å². The fourth-order valence-corrected chi connectivity index (χ4v) is 11.4. The van der Waals surface area contributed by atoms with Crippen LogP contribution in [0.25, 0.3) is 22.3 Å². The molecular formula is C44H58F2N9O8PSSi2. The molecule has 9 atom stereocenters. The van der Waals surface area contributed by atoms with Gasteiger partial charge in [0.15, 0.2) is 64.1 Å². The highest BCUT2D eigenvalue weighted by Crippen LogP contribution is 2.52. The number of carbonyl (C=O) groups excluding carboxylic acids is 1. The first-order valence-corrected chi connectivity index (χ1v) is 30.6. The quantitative estimate of drug-likeness (QED) is 0.0989. The van der Waals surface area contributed by atoms with Crippen molar-refractivity contribution in [3.05, 3.63) is 66.9 Å². The Bertz CT molecular complexity index is 2730. The van der Waals surface area contributed by atoms with Crippen LogP contribution in [-0.2, 0) is 45.6 Å². The van der Waals surface area contributed by atoms with Crippen LogP contribution in [0.2, 0.25) is 36.3 Å². The second-order valence-corrected chi connectivity index (χ2v) is 32.4. The highest BCUT2D eigenvalue weighted by Gasteiger charge is 2.54. The van der Waals surface area contributed by atoms with Crippen molar-refractivity contribution in [2.24, 2.45) is 0 Å². The number of hydrogen-bond acceptors (Lipinski definition) is 14. The number of rotatable bonds is 6. The summed E-state index contributed by atoms with van der Waals surface area (Å²) in [6.07, 6.45) is -5.23. The van der Waals surface area contributed by atoms with Gasteiger partial charge in [-0.2, -0.15) is 0 Å². The molecule has 17 nitrogen and oxygen atoms in total. The number of aromatic nitrogens is 8. The number of carbonyl (C=O) groups is 1. The molecule has 0 spiro atoms. The zero-order valence-electron chi connectivity index (χ0n) is 39.3. The lowest BCUT2D eigenvalue weighted by atomic mass is 10.1. The molecule has 0 radical (unpaired) electrons. The molecule has 3 aliphatic heterocycles. The summed E-state index contributed by atoms with van der Waals surface area (Å²) in [7, 11) is -5.11. The lowest BCUT2D eigenvalue weighted by molar-refractivity contribution is -0.0502. The third-order valence-electron chi connectivity index (χ3n) is 13.5. The van der Waals surface area contributed by atoms with Gasteiger partial charge in [-0.3, -0.25) is 23.4 Å². The zero-order chi connectivity index (χ0) is 48.3. The molecule has 8 rings (SSSR count). The predicted molar refractivity (Wildman–Crippen MR) is 255 cm³/mol. The molecular weight excluding hydrogens is 940 g/mol. The van der Waals surface area contributed by atoms with Crippen LogP contribution in [0.4, 0.5) is 14.6 Å². The molecule has 2 saturated heterocycles. The molecule has 12 bridgehead atoms. The van der Waals surface area contributed by atoms with E-state index in [0.29, 0.717) is 35.3 Å². The summed E-state index contributed by atoms with van der Waals surface area (Å²) in [6, 6.07) is 8.69. The van der Waals surface area contributed by atoms with E-state index in [1.165, 1.54) is 39.3 Å². The van der Waals surface area contributed by atoms with Gasteiger partial charge >= 0.3 is 6.72 Å². The molecule has 3 aliphatic rings. The van der Waals surface area contributed by atoms with Gasteiger partial charge in [0.25, 0.3) is 5.91 Å². The number of nitrogens with zero attached hydrogens (tertiary/aromatic N) is 9. The number of halogens is 2. The summed E-state index contributed by atoms with van der Waals surface area (Å²) >= 11 is 5.59. The van der Waals surface area contributed by atoms with E-state index in [4.69, 9.17) is 39.2 Å². The molecule has 23 heteroatoms. The lowest BCUT2D eigenvalue weighted by Gasteiger charge is -2.39. The van der Waals surface area contributed by atoms with Crippen LogP contribution in [0.3, 0.4) is 0 Å². The van der Waals surface area contributed by atoms with E-state index >= 15 is 8.78 Å². The Kier molecular flexibility index (Phi) is 13.8. The van der Waals surface area contributed by atoms with Crippen LogP contribution in [0.15, 0.2) is 55.6 Å². The van der Waals surface area contributed by atoms with E-state index in [1.54, 1.807) is 30.3 Å². The van der Waals surface area contributed by atoms with Crippen molar-refractivity contribution in [3.63, 3.8) is 0 Å². The first-order valence-electron chi connectivity index (χ1n) is 22.2.